The molecule has 1 aliphatic heterocycles. The normalized spacial score (nSPS) is 24.5. The smallest absolute Gasteiger partial charge is 0.411 e. The average Bonchev–Trinajstić information content (AvgIpc) is 3.35. The molecule has 2 fully saturated rings. The molecule has 4 rings (SSSR count). The van der Waals surface area contributed by atoms with Crippen molar-refractivity contribution in [1.29, 1.82) is 0 Å². The van der Waals surface area contributed by atoms with Gasteiger partial charge >= 0.3 is 12.1 Å². The molecule has 1 aliphatic carbocycles. The molecular formula is C32H41ClF2N2O5. The van der Waals surface area contributed by atoms with Gasteiger partial charge < -0.3 is 14.2 Å². The Labute approximate surface area is 252 Å². The largest absolute Gasteiger partial charge is 0.488 e. The van der Waals surface area contributed by atoms with E-state index < -0.39 is 35.6 Å². The molecule has 0 bridgehead atoms. The van der Waals surface area contributed by atoms with Crippen molar-refractivity contribution >= 4 is 23.7 Å². The number of esters is 1. The van der Waals surface area contributed by atoms with Crippen molar-refractivity contribution in [2.24, 2.45) is 5.92 Å². The lowest BCUT2D eigenvalue weighted by atomic mass is 9.70. The minimum absolute atomic E-state index is 0.0690. The highest BCUT2D eigenvalue weighted by Gasteiger charge is 2.43. The van der Waals surface area contributed by atoms with Gasteiger partial charge in [0.25, 0.3) is 0 Å². The van der Waals surface area contributed by atoms with Crippen LogP contribution in [0.1, 0.15) is 64.0 Å². The SMILES string of the molecule is COC(=O)[C@@H]1C[C@H](Oc2cc(F)c(Cl)c(CC3CCC(c4ccc(F)cc4)(N(C)C)CC3)c2)CN1C(=O)OC(C)(C)C. The molecule has 0 aromatic heterocycles. The first kappa shape index (κ1) is 32.0. The van der Waals surface area contributed by atoms with Crippen LogP contribution in [-0.2, 0) is 26.2 Å². The van der Waals surface area contributed by atoms with Crippen LogP contribution in [0, 0.1) is 17.6 Å². The van der Waals surface area contributed by atoms with Crippen LogP contribution in [0.3, 0.4) is 0 Å². The van der Waals surface area contributed by atoms with E-state index in [9.17, 15) is 18.4 Å². The Bertz CT molecular complexity index is 1270. The van der Waals surface area contributed by atoms with Gasteiger partial charge in [-0.25, -0.2) is 18.4 Å². The third-order valence-corrected chi connectivity index (χ3v) is 8.85. The summed E-state index contributed by atoms with van der Waals surface area (Å²) >= 11 is 6.42. The van der Waals surface area contributed by atoms with E-state index in [1.807, 2.05) is 12.1 Å². The fourth-order valence-corrected chi connectivity index (χ4v) is 6.40. The Kier molecular flexibility index (Phi) is 9.72. The van der Waals surface area contributed by atoms with Crippen LogP contribution in [-0.4, -0.2) is 67.4 Å². The highest BCUT2D eigenvalue weighted by atomic mass is 35.5. The number of ether oxygens (including phenoxy) is 3. The number of hydrogen-bond donors (Lipinski definition) is 0. The number of carbonyl (C=O) groups excluding carboxylic acids is 2. The number of carbonyl (C=O) groups is 2. The van der Waals surface area contributed by atoms with E-state index in [2.05, 4.69) is 19.0 Å². The fourth-order valence-electron chi connectivity index (χ4n) is 6.22. The second-order valence-electron chi connectivity index (χ2n) is 12.6. The molecule has 2 atom stereocenters. The third-order valence-electron chi connectivity index (χ3n) is 8.42. The first-order valence-corrected chi connectivity index (χ1v) is 14.8. The van der Waals surface area contributed by atoms with Gasteiger partial charge in [-0.3, -0.25) is 9.80 Å². The predicted molar refractivity (Wildman–Crippen MR) is 157 cm³/mol. The van der Waals surface area contributed by atoms with Crippen LogP contribution < -0.4 is 4.74 Å². The standard InChI is InChI=1S/C32H41ClF2N2O5/c1-31(2,3)42-30(39)37-19-25(18-27(37)29(38)40-6)41-24-16-21(28(33)26(35)17-24)15-20-11-13-32(14-12-20,36(4)5)22-7-9-23(34)10-8-22/h7-10,16-17,20,25,27H,11-15,18-19H2,1-6H3/t20?,25-,27-,32?/m0/s1. The monoisotopic (exact) mass is 606 g/mol. The second kappa shape index (κ2) is 12.8. The summed E-state index contributed by atoms with van der Waals surface area (Å²) < 4.78 is 45.1. The van der Waals surface area contributed by atoms with E-state index in [-0.39, 0.29) is 41.0 Å². The third kappa shape index (κ3) is 7.17. The number of likely N-dealkylation sites (tertiary alicyclic amines) is 1. The van der Waals surface area contributed by atoms with Gasteiger partial charge in [0.1, 0.15) is 35.1 Å². The topological polar surface area (TPSA) is 68.3 Å². The number of hydrogen-bond acceptors (Lipinski definition) is 6. The van der Waals surface area contributed by atoms with Crippen molar-refractivity contribution < 1.29 is 32.6 Å². The first-order chi connectivity index (χ1) is 19.7. The van der Waals surface area contributed by atoms with Crippen molar-refractivity contribution in [3.8, 4) is 5.75 Å². The molecule has 1 heterocycles. The van der Waals surface area contributed by atoms with Gasteiger partial charge in [0.2, 0.25) is 0 Å². The van der Waals surface area contributed by atoms with Crippen molar-refractivity contribution in [2.75, 3.05) is 27.7 Å². The molecule has 1 saturated carbocycles. The van der Waals surface area contributed by atoms with Crippen LogP contribution in [0.2, 0.25) is 5.02 Å². The number of benzene rings is 2. The summed E-state index contributed by atoms with van der Waals surface area (Å²) in [5, 5.41) is 0.0690. The average molecular weight is 607 g/mol. The lowest BCUT2D eigenvalue weighted by Crippen LogP contribution is -2.44. The minimum Gasteiger partial charge on any atom is -0.488 e. The summed E-state index contributed by atoms with van der Waals surface area (Å²) in [5.41, 5.74) is 0.814. The molecule has 10 heteroatoms. The van der Waals surface area contributed by atoms with Crippen molar-refractivity contribution in [3.63, 3.8) is 0 Å². The lowest BCUT2D eigenvalue weighted by molar-refractivity contribution is -0.145. The van der Waals surface area contributed by atoms with Gasteiger partial charge in [0, 0.05) is 18.0 Å². The molecule has 1 amide bonds. The van der Waals surface area contributed by atoms with Gasteiger partial charge in [0.15, 0.2) is 0 Å². The summed E-state index contributed by atoms with van der Waals surface area (Å²) in [6.45, 7) is 5.33. The number of halogens is 3. The van der Waals surface area contributed by atoms with E-state index in [0.717, 1.165) is 31.2 Å². The van der Waals surface area contributed by atoms with Crippen molar-refractivity contribution in [2.45, 2.75) is 82.6 Å². The van der Waals surface area contributed by atoms with Crippen LogP contribution >= 0.6 is 11.6 Å². The molecule has 2 aliphatic rings. The summed E-state index contributed by atoms with van der Waals surface area (Å²) in [6.07, 6.45) is 3.11. The van der Waals surface area contributed by atoms with E-state index in [1.165, 1.54) is 30.2 Å². The van der Waals surface area contributed by atoms with Crippen LogP contribution in [0.25, 0.3) is 0 Å². The van der Waals surface area contributed by atoms with Gasteiger partial charge in [-0.15, -0.1) is 0 Å². The maximum Gasteiger partial charge on any atom is 0.411 e. The molecule has 2 aromatic carbocycles. The van der Waals surface area contributed by atoms with Gasteiger partial charge in [0.05, 0.1) is 18.7 Å². The summed E-state index contributed by atoms with van der Waals surface area (Å²) in [4.78, 5) is 28.7. The molecule has 0 N–H and O–H groups in total. The number of methoxy groups -OCH3 is 1. The molecule has 0 unspecified atom stereocenters. The summed E-state index contributed by atoms with van der Waals surface area (Å²) in [7, 11) is 5.36. The highest BCUT2D eigenvalue weighted by molar-refractivity contribution is 6.31. The van der Waals surface area contributed by atoms with Crippen molar-refractivity contribution in [3.05, 3.63) is 64.2 Å². The molecular weight excluding hydrogens is 566 g/mol. The summed E-state index contributed by atoms with van der Waals surface area (Å²) in [5.74, 6) is -0.835. The maximum atomic E-state index is 15.0. The van der Waals surface area contributed by atoms with Crippen LogP contribution in [0.4, 0.5) is 13.6 Å². The Hall–Kier alpha value is -2.91. The fraction of sp³-hybridized carbons (Fsp3) is 0.562. The van der Waals surface area contributed by atoms with E-state index >= 15 is 0 Å². The molecule has 7 nitrogen and oxygen atoms in total. The summed E-state index contributed by atoms with van der Waals surface area (Å²) in [6, 6.07) is 8.85. The molecule has 2 aromatic rings. The van der Waals surface area contributed by atoms with Gasteiger partial charge in [-0.05, 0) is 102 Å². The molecule has 1 saturated heterocycles. The number of rotatable bonds is 7. The molecule has 0 spiro atoms. The molecule has 0 radical (unpaired) electrons. The van der Waals surface area contributed by atoms with E-state index in [0.29, 0.717) is 12.0 Å². The van der Waals surface area contributed by atoms with Crippen LogP contribution in [0.15, 0.2) is 36.4 Å². The Morgan fingerprint density at radius 1 is 1.10 bits per heavy atom. The van der Waals surface area contributed by atoms with E-state index in [4.69, 9.17) is 25.8 Å². The van der Waals surface area contributed by atoms with E-state index in [1.54, 1.807) is 26.8 Å². The lowest BCUT2D eigenvalue weighted by Gasteiger charge is -2.45. The second-order valence-corrected chi connectivity index (χ2v) is 13.0. The zero-order valence-corrected chi connectivity index (χ0v) is 26.0. The first-order valence-electron chi connectivity index (χ1n) is 14.4. The van der Waals surface area contributed by atoms with Crippen molar-refractivity contribution in [1.82, 2.24) is 9.80 Å². The zero-order chi connectivity index (χ0) is 30.8. The zero-order valence-electron chi connectivity index (χ0n) is 25.2. The van der Waals surface area contributed by atoms with Crippen LogP contribution in [0.5, 0.6) is 5.75 Å². The Morgan fingerprint density at radius 2 is 1.74 bits per heavy atom. The highest BCUT2D eigenvalue weighted by Crippen LogP contribution is 2.44. The van der Waals surface area contributed by atoms with Gasteiger partial charge in [-0.2, -0.15) is 0 Å². The predicted octanol–water partition coefficient (Wildman–Crippen LogP) is 6.74. The number of nitrogens with zero attached hydrogens (tertiary/aromatic N) is 2. The Balaban J connectivity index is 1.46. The quantitative estimate of drug-likeness (QED) is 0.325. The maximum absolute atomic E-state index is 15.0. The molecule has 42 heavy (non-hydrogen) atoms. The number of amides is 1. The van der Waals surface area contributed by atoms with Gasteiger partial charge in [-0.1, -0.05) is 23.7 Å². The molecule has 230 valence electrons. The Morgan fingerprint density at radius 3 is 2.31 bits per heavy atom. The minimum atomic E-state index is -0.869.